The van der Waals surface area contributed by atoms with Gasteiger partial charge in [0.2, 0.25) is 11.8 Å². The zero-order chi connectivity index (χ0) is 11.4. The predicted octanol–water partition coefficient (Wildman–Crippen LogP) is -0.519. The molecule has 0 saturated carbocycles. The molecule has 1 fully saturated rings. The molecule has 1 aliphatic rings. The average molecular weight is 214 g/mol. The molecule has 5 heteroatoms. The number of aliphatic hydroxyl groups excluding tert-OH is 1. The van der Waals surface area contributed by atoms with E-state index in [1.165, 1.54) is 4.90 Å². The molecule has 0 aromatic rings. The van der Waals surface area contributed by atoms with Gasteiger partial charge in [0.25, 0.3) is 0 Å². The summed E-state index contributed by atoms with van der Waals surface area (Å²) in [4.78, 5) is 24.3. The Morgan fingerprint density at radius 2 is 2.40 bits per heavy atom. The number of nitrogens with zero attached hydrogens (tertiary/aromatic N) is 1. The normalized spacial score (nSPS) is 24.0. The van der Waals surface area contributed by atoms with Gasteiger partial charge < -0.3 is 15.7 Å². The molecule has 1 heterocycles. The molecule has 0 bridgehead atoms. The summed E-state index contributed by atoms with van der Waals surface area (Å²) >= 11 is 0. The van der Waals surface area contributed by atoms with Crippen molar-refractivity contribution in [3.63, 3.8) is 0 Å². The van der Waals surface area contributed by atoms with Crippen molar-refractivity contribution in [2.45, 2.75) is 32.2 Å². The molecule has 2 amide bonds. The average Bonchev–Trinajstić information content (AvgIpc) is 2.20. The smallest absolute Gasteiger partial charge is 0.240 e. The number of carbonyl (C=O) groups excluding carboxylic acids is 2. The Morgan fingerprint density at radius 3 is 2.80 bits per heavy atom. The summed E-state index contributed by atoms with van der Waals surface area (Å²) in [6.45, 7) is 2.39. The van der Waals surface area contributed by atoms with Gasteiger partial charge in [0.15, 0.2) is 0 Å². The van der Waals surface area contributed by atoms with Crippen molar-refractivity contribution in [1.82, 2.24) is 4.90 Å². The number of primary amides is 1. The summed E-state index contributed by atoms with van der Waals surface area (Å²) in [6.07, 6.45) is 1.61. The van der Waals surface area contributed by atoms with E-state index in [2.05, 4.69) is 0 Å². The molecule has 15 heavy (non-hydrogen) atoms. The number of nitrogens with two attached hydrogens (primary N) is 1. The van der Waals surface area contributed by atoms with Crippen molar-refractivity contribution >= 4 is 11.8 Å². The fourth-order valence-electron chi connectivity index (χ4n) is 1.97. The van der Waals surface area contributed by atoms with Gasteiger partial charge >= 0.3 is 0 Å². The molecule has 0 aliphatic carbocycles. The van der Waals surface area contributed by atoms with Gasteiger partial charge in [0.05, 0.1) is 0 Å². The first-order valence-electron chi connectivity index (χ1n) is 5.29. The molecule has 0 spiro atoms. The van der Waals surface area contributed by atoms with Crippen molar-refractivity contribution in [2.24, 2.45) is 11.7 Å². The van der Waals surface area contributed by atoms with E-state index >= 15 is 0 Å². The van der Waals surface area contributed by atoms with Crippen molar-refractivity contribution < 1.29 is 14.7 Å². The second-order valence-corrected chi connectivity index (χ2v) is 3.95. The van der Waals surface area contributed by atoms with Gasteiger partial charge in [-0.2, -0.15) is 0 Å². The van der Waals surface area contributed by atoms with Crippen molar-refractivity contribution in [3.05, 3.63) is 0 Å². The largest absolute Gasteiger partial charge is 0.396 e. The van der Waals surface area contributed by atoms with Crippen LogP contribution in [0.1, 0.15) is 26.2 Å². The van der Waals surface area contributed by atoms with Gasteiger partial charge in [-0.25, -0.2) is 0 Å². The number of amides is 2. The molecule has 5 nitrogen and oxygen atoms in total. The van der Waals surface area contributed by atoms with Gasteiger partial charge in [-0.3, -0.25) is 9.59 Å². The lowest BCUT2D eigenvalue weighted by atomic mass is 9.95. The van der Waals surface area contributed by atoms with E-state index in [4.69, 9.17) is 10.8 Å². The first kappa shape index (κ1) is 12.0. The second-order valence-electron chi connectivity index (χ2n) is 3.95. The molecule has 1 saturated heterocycles. The maximum atomic E-state index is 11.7. The van der Waals surface area contributed by atoms with E-state index in [0.717, 1.165) is 6.42 Å². The van der Waals surface area contributed by atoms with E-state index in [1.807, 2.05) is 6.92 Å². The summed E-state index contributed by atoms with van der Waals surface area (Å²) in [5.41, 5.74) is 5.23. The van der Waals surface area contributed by atoms with Crippen LogP contribution in [0, 0.1) is 5.92 Å². The monoisotopic (exact) mass is 214 g/mol. The summed E-state index contributed by atoms with van der Waals surface area (Å²) in [6, 6.07) is -0.489. The number of piperidine rings is 1. The van der Waals surface area contributed by atoms with E-state index in [0.29, 0.717) is 19.4 Å². The molecule has 0 radical (unpaired) electrons. The minimum absolute atomic E-state index is 0.0347. The lowest BCUT2D eigenvalue weighted by molar-refractivity contribution is -0.143. The molecule has 86 valence electrons. The molecule has 2 atom stereocenters. The first-order valence-corrected chi connectivity index (χ1v) is 5.29. The summed E-state index contributed by atoms with van der Waals surface area (Å²) in [5.74, 6) is -0.488. The van der Waals surface area contributed by atoms with E-state index in [-0.39, 0.29) is 18.4 Å². The fraction of sp³-hybridized carbons (Fsp3) is 0.800. The zero-order valence-electron chi connectivity index (χ0n) is 8.98. The maximum Gasteiger partial charge on any atom is 0.240 e. The Kier molecular flexibility index (Phi) is 4.08. The number of aliphatic hydroxyl groups is 1. The van der Waals surface area contributed by atoms with Crippen molar-refractivity contribution in [1.29, 1.82) is 0 Å². The highest BCUT2D eigenvalue weighted by atomic mass is 16.3. The van der Waals surface area contributed by atoms with Crippen LogP contribution in [0.4, 0.5) is 0 Å². The minimum atomic E-state index is -0.489. The summed E-state index contributed by atoms with van der Waals surface area (Å²) in [7, 11) is 0. The van der Waals surface area contributed by atoms with Crippen LogP contribution in [0.15, 0.2) is 0 Å². The minimum Gasteiger partial charge on any atom is -0.396 e. The molecule has 0 aromatic heterocycles. The third-order valence-corrected chi connectivity index (χ3v) is 2.91. The lowest BCUT2D eigenvalue weighted by Gasteiger charge is -2.35. The van der Waals surface area contributed by atoms with Crippen LogP contribution in [0.2, 0.25) is 0 Å². The van der Waals surface area contributed by atoms with Crippen LogP contribution in [-0.2, 0) is 9.59 Å². The number of hydrogen-bond donors (Lipinski definition) is 2. The Balaban J connectivity index is 2.64. The highest BCUT2D eigenvalue weighted by Gasteiger charge is 2.32. The number of likely N-dealkylation sites (tertiary alicyclic amines) is 1. The van der Waals surface area contributed by atoms with Crippen molar-refractivity contribution in [3.8, 4) is 0 Å². The quantitative estimate of drug-likeness (QED) is 0.660. The Morgan fingerprint density at radius 1 is 1.73 bits per heavy atom. The molecule has 3 N–H and O–H groups in total. The van der Waals surface area contributed by atoms with Crippen LogP contribution in [0.5, 0.6) is 0 Å². The summed E-state index contributed by atoms with van der Waals surface area (Å²) < 4.78 is 0. The SMILES string of the molecule is CC[C@@H](C(N)=O)N1CCC(CO)CC1=O. The molecular formula is C10H18N2O3. The van der Waals surface area contributed by atoms with Crippen molar-refractivity contribution in [2.75, 3.05) is 13.2 Å². The van der Waals surface area contributed by atoms with Gasteiger partial charge in [0.1, 0.15) is 6.04 Å². The molecular weight excluding hydrogens is 196 g/mol. The standard InChI is InChI=1S/C10H18N2O3/c1-2-8(10(11)15)12-4-3-7(6-13)5-9(12)14/h7-8,13H,2-6H2,1H3,(H2,11,15)/t7?,8-/m0/s1. The van der Waals surface area contributed by atoms with Crippen LogP contribution in [0.3, 0.4) is 0 Å². The number of carbonyl (C=O) groups is 2. The number of rotatable bonds is 4. The topological polar surface area (TPSA) is 83.6 Å². The third-order valence-electron chi connectivity index (χ3n) is 2.91. The van der Waals surface area contributed by atoms with Gasteiger partial charge in [-0.05, 0) is 18.8 Å². The van der Waals surface area contributed by atoms with Crippen LogP contribution < -0.4 is 5.73 Å². The zero-order valence-corrected chi connectivity index (χ0v) is 8.98. The molecule has 1 rings (SSSR count). The molecule has 0 aromatic carbocycles. The van der Waals surface area contributed by atoms with Crippen LogP contribution in [-0.4, -0.2) is 41.0 Å². The summed E-state index contributed by atoms with van der Waals surface area (Å²) in [5, 5.41) is 8.94. The van der Waals surface area contributed by atoms with E-state index in [9.17, 15) is 9.59 Å². The van der Waals surface area contributed by atoms with E-state index in [1.54, 1.807) is 0 Å². The Bertz CT molecular complexity index is 255. The maximum absolute atomic E-state index is 11.7. The molecule has 1 unspecified atom stereocenters. The number of hydrogen-bond acceptors (Lipinski definition) is 3. The van der Waals surface area contributed by atoms with Gasteiger partial charge in [-0.15, -0.1) is 0 Å². The van der Waals surface area contributed by atoms with Crippen LogP contribution in [0.25, 0.3) is 0 Å². The highest BCUT2D eigenvalue weighted by Crippen LogP contribution is 2.20. The van der Waals surface area contributed by atoms with Crippen LogP contribution >= 0.6 is 0 Å². The Hall–Kier alpha value is -1.10. The third kappa shape index (κ3) is 2.68. The highest BCUT2D eigenvalue weighted by molar-refractivity contribution is 5.87. The molecule has 1 aliphatic heterocycles. The second kappa shape index (κ2) is 5.11. The van der Waals surface area contributed by atoms with Gasteiger partial charge in [0, 0.05) is 19.6 Å². The van der Waals surface area contributed by atoms with Gasteiger partial charge in [-0.1, -0.05) is 6.92 Å². The first-order chi connectivity index (χ1) is 7.10. The predicted molar refractivity (Wildman–Crippen MR) is 54.8 cm³/mol. The lowest BCUT2D eigenvalue weighted by Crippen LogP contribution is -2.51. The fourth-order valence-corrected chi connectivity index (χ4v) is 1.97. The van der Waals surface area contributed by atoms with E-state index < -0.39 is 11.9 Å². The Labute approximate surface area is 89.2 Å².